The highest BCUT2D eigenvalue weighted by molar-refractivity contribution is 5.79. The molecule has 4 rings (SSSR count). The van der Waals surface area contributed by atoms with Crippen molar-refractivity contribution in [2.45, 2.75) is 32.9 Å². The van der Waals surface area contributed by atoms with Gasteiger partial charge in [-0.2, -0.15) is 0 Å². The molecule has 1 fully saturated rings. The molecule has 3 aliphatic heterocycles. The molecule has 2 unspecified atom stereocenters. The van der Waals surface area contributed by atoms with Crippen LogP contribution in [0.25, 0.3) is 0 Å². The zero-order chi connectivity index (χ0) is 21.6. The van der Waals surface area contributed by atoms with Gasteiger partial charge in [-0.1, -0.05) is 56.3 Å². The molecular formula is C25H35N3O3. The van der Waals surface area contributed by atoms with Crippen LogP contribution in [-0.4, -0.2) is 67.7 Å². The topological polar surface area (TPSA) is 54.0 Å². The van der Waals surface area contributed by atoms with Gasteiger partial charge in [0.1, 0.15) is 6.61 Å². The predicted octanol–water partition coefficient (Wildman–Crippen LogP) is 2.78. The molecule has 1 aromatic carbocycles. The molecule has 3 aliphatic rings. The Morgan fingerprint density at radius 1 is 1.26 bits per heavy atom. The molecule has 1 amide bonds. The van der Waals surface area contributed by atoms with Crippen LogP contribution in [-0.2, 0) is 20.8 Å². The lowest BCUT2D eigenvalue weighted by Gasteiger charge is -2.32. The minimum absolute atomic E-state index is 0.0568. The fourth-order valence-corrected chi connectivity index (χ4v) is 4.57. The molecule has 6 heteroatoms. The second-order valence-corrected chi connectivity index (χ2v) is 9.21. The van der Waals surface area contributed by atoms with Crippen molar-refractivity contribution >= 4 is 5.91 Å². The molecule has 0 bridgehead atoms. The second-order valence-electron chi connectivity index (χ2n) is 9.21. The minimum Gasteiger partial charge on any atom is -0.476 e. The first kappa shape index (κ1) is 21.9. The lowest BCUT2D eigenvalue weighted by atomic mass is 10.0. The number of hydrogen-bond donors (Lipinski definition) is 1. The summed E-state index contributed by atoms with van der Waals surface area (Å²) in [6.45, 7) is 10.2. The Bertz CT molecular complexity index is 805. The third kappa shape index (κ3) is 5.89. The van der Waals surface area contributed by atoms with E-state index in [1.165, 1.54) is 5.56 Å². The Balaban J connectivity index is 1.36. The fraction of sp³-hybridized carbons (Fsp3) is 0.560. The van der Waals surface area contributed by atoms with Gasteiger partial charge in [0.2, 0.25) is 5.91 Å². The first-order chi connectivity index (χ1) is 15.1. The standard InChI is InChI=1S/C25H35N3O3/c1-19(2)14-28(17-23-9-8-22-18-30-12-13-31-24(22)26-23)25(29)21-10-11-27(16-21)15-20-6-4-3-5-7-20/h3-9,19,21,23,26H,10-18H2,1-2H3. The zero-order valence-electron chi connectivity index (χ0n) is 18.8. The number of hydrogen-bond acceptors (Lipinski definition) is 5. The summed E-state index contributed by atoms with van der Waals surface area (Å²) in [5, 5.41) is 3.47. The fourth-order valence-electron chi connectivity index (χ4n) is 4.57. The third-order valence-corrected chi connectivity index (χ3v) is 6.05. The van der Waals surface area contributed by atoms with Crippen molar-refractivity contribution in [1.82, 2.24) is 15.1 Å². The van der Waals surface area contributed by atoms with Crippen LogP contribution < -0.4 is 5.32 Å². The van der Waals surface area contributed by atoms with Gasteiger partial charge in [-0.15, -0.1) is 0 Å². The van der Waals surface area contributed by atoms with E-state index in [0.717, 1.165) is 44.1 Å². The minimum atomic E-state index is 0.0568. The molecule has 1 N–H and O–H groups in total. The van der Waals surface area contributed by atoms with Gasteiger partial charge < -0.3 is 19.7 Å². The Hall–Kier alpha value is -2.31. The summed E-state index contributed by atoms with van der Waals surface area (Å²) in [7, 11) is 0. The molecule has 168 valence electrons. The summed E-state index contributed by atoms with van der Waals surface area (Å²) in [6, 6.07) is 10.6. The SMILES string of the molecule is CC(C)CN(CC1C=CC2=C(N1)OCCOC2)C(=O)C1CCN(Cc2ccccc2)C1. The normalized spacial score (nSPS) is 23.8. The molecule has 6 nitrogen and oxygen atoms in total. The number of carbonyl (C=O) groups excluding carboxylic acids is 1. The molecule has 1 saturated heterocycles. The van der Waals surface area contributed by atoms with Crippen molar-refractivity contribution in [3.8, 4) is 0 Å². The second kappa shape index (κ2) is 10.3. The van der Waals surface area contributed by atoms with Crippen LogP contribution in [0.5, 0.6) is 0 Å². The molecule has 0 saturated carbocycles. The Kier molecular flexibility index (Phi) is 7.30. The van der Waals surface area contributed by atoms with E-state index in [4.69, 9.17) is 9.47 Å². The maximum atomic E-state index is 13.5. The van der Waals surface area contributed by atoms with Gasteiger partial charge in [0, 0.05) is 31.8 Å². The number of likely N-dealkylation sites (tertiary alicyclic amines) is 1. The van der Waals surface area contributed by atoms with Gasteiger partial charge in [0.15, 0.2) is 5.88 Å². The molecule has 1 aromatic rings. The summed E-state index contributed by atoms with van der Waals surface area (Å²) < 4.78 is 11.4. The third-order valence-electron chi connectivity index (χ3n) is 6.05. The van der Waals surface area contributed by atoms with Crippen LogP contribution >= 0.6 is 0 Å². The Labute approximate surface area is 185 Å². The van der Waals surface area contributed by atoms with Crippen LogP contribution in [0.4, 0.5) is 0 Å². The van der Waals surface area contributed by atoms with E-state index in [1.807, 2.05) is 6.07 Å². The summed E-state index contributed by atoms with van der Waals surface area (Å²) in [5.74, 6) is 1.59. The maximum absolute atomic E-state index is 13.5. The summed E-state index contributed by atoms with van der Waals surface area (Å²) in [4.78, 5) is 17.9. The number of nitrogens with zero attached hydrogens (tertiary/aromatic N) is 2. The predicted molar refractivity (Wildman–Crippen MR) is 121 cm³/mol. The summed E-state index contributed by atoms with van der Waals surface area (Å²) in [6.07, 6.45) is 5.15. The van der Waals surface area contributed by atoms with Crippen molar-refractivity contribution < 1.29 is 14.3 Å². The van der Waals surface area contributed by atoms with Crippen LogP contribution in [0.15, 0.2) is 53.9 Å². The quantitative estimate of drug-likeness (QED) is 0.728. The van der Waals surface area contributed by atoms with Gasteiger partial charge in [-0.25, -0.2) is 0 Å². The van der Waals surface area contributed by atoms with E-state index in [9.17, 15) is 4.79 Å². The summed E-state index contributed by atoms with van der Waals surface area (Å²) in [5.41, 5.74) is 2.35. The largest absolute Gasteiger partial charge is 0.476 e. The number of rotatable bonds is 7. The molecule has 0 aliphatic carbocycles. The van der Waals surface area contributed by atoms with E-state index in [2.05, 4.69) is 65.4 Å². The number of benzene rings is 1. The highest BCUT2D eigenvalue weighted by atomic mass is 16.5. The van der Waals surface area contributed by atoms with Gasteiger partial charge in [-0.3, -0.25) is 9.69 Å². The van der Waals surface area contributed by atoms with Crippen molar-refractivity contribution in [3.05, 3.63) is 59.5 Å². The summed E-state index contributed by atoms with van der Waals surface area (Å²) >= 11 is 0. The van der Waals surface area contributed by atoms with Crippen molar-refractivity contribution in [2.75, 3.05) is 46.0 Å². The maximum Gasteiger partial charge on any atom is 0.227 e. The van der Waals surface area contributed by atoms with Crippen LogP contribution in [0.3, 0.4) is 0 Å². The monoisotopic (exact) mass is 425 g/mol. The smallest absolute Gasteiger partial charge is 0.227 e. The Morgan fingerprint density at radius 2 is 2.10 bits per heavy atom. The lowest BCUT2D eigenvalue weighted by molar-refractivity contribution is -0.136. The molecule has 0 aromatic heterocycles. The molecular weight excluding hydrogens is 390 g/mol. The highest BCUT2D eigenvalue weighted by Gasteiger charge is 2.33. The van der Waals surface area contributed by atoms with E-state index in [-0.39, 0.29) is 17.9 Å². The number of nitrogens with one attached hydrogen (secondary N) is 1. The van der Waals surface area contributed by atoms with Crippen LogP contribution in [0.2, 0.25) is 0 Å². The molecule has 2 atom stereocenters. The highest BCUT2D eigenvalue weighted by Crippen LogP contribution is 2.23. The number of dihydropyridines is 1. The van der Waals surface area contributed by atoms with E-state index in [0.29, 0.717) is 32.3 Å². The van der Waals surface area contributed by atoms with Crippen molar-refractivity contribution in [2.24, 2.45) is 11.8 Å². The molecule has 31 heavy (non-hydrogen) atoms. The van der Waals surface area contributed by atoms with Gasteiger partial charge in [-0.05, 0) is 24.4 Å². The zero-order valence-corrected chi connectivity index (χ0v) is 18.8. The average Bonchev–Trinajstić information content (AvgIpc) is 3.09. The van der Waals surface area contributed by atoms with Crippen molar-refractivity contribution in [1.29, 1.82) is 0 Å². The Morgan fingerprint density at radius 3 is 2.90 bits per heavy atom. The van der Waals surface area contributed by atoms with Crippen LogP contribution in [0.1, 0.15) is 25.8 Å². The van der Waals surface area contributed by atoms with E-state index >= 15 is 0 Å². The average molecular weight is 426 g/mol. The number of ether oxygens (including phenoxy) is 2. The lowest BCUT2D eigenvalue weighted by Crippen LogP contribution is -2.47. The van der Waals surface area contributed by atoms with Crippen LogP contribution in [0, 0.1) is 11.8 Å². The van der Waals surface area contributed by atoms with Gasteiger partial charge >= 0.3 is 0 Å². The number of carbonyl (C=O) groups is 1. The van der Waals surface area contributed by atoms with E-state index in [1.54, 1.807) is 0 Å². The molecule has 3 heterocycles. The van der Waals surface area contributed by atoms with Gasteiger partial charge in [0.25, 0.3) is 0 Å². The first-order valence-corrected chi connectivity index (χ1v) is 11.5. The molecule has 0 spiro atoms. The van der Waals surface area contributed by atoms with E-state index < -0.39 is 0 Å². The number of amides is 1. The van der Waals surface area contributed by atoms with Crippen molar-refractivity contribution in [3.63, 3.8) is 0 Å². The van der Waals surface area contributed by atoms with Gasteiger partial charge in [0.05, 0.1) is 25.2 Å². The molecule has 0 radical (unpaired) electrons. The first-order valence-electron chi connectivity index (χ1n) is 11.5.